The molecular formula is C19H22N2O3S. The number of nitrogens with one attached hydrogen (secondary N) is 2. The number of benzene rings is 2. The first-order chi connectivity index (χ1) is 12.0. The molecule has 1 aliphatic rings. The summed E-state index contributed by atoms with van der Waals surface area (Å²) < 4.78 is 22.9. The maximum atomic E-state index is 12.1. The van der Waals surface area contributed by atoms with E-state index in [0.717, 1.165) is 17.7 Å². The Bertz CT molecular complexity index is 835. The molecular weight excluding hydrogens is 336 g/mol. The molecule has 6 heteroatoms. The van der Waals surface area contributed by atoms with Crippen molar-refractivity contribution in [3.63, 3.8) is 0 Å². The van der Waals surface area contributed by atoms with Crippen molar-refractivity contribution in [2.75, 3.05) is 23.4 Å². The van der Waals surface area contributed by atoms with E-state index < -0.39 is 9.84 Å². The van der Waals surface area contributed by atoms with Crippen molar-refractivity contribution in [3.8, 4) is 0 Å². The fraction of sp³-hybridized carbons (Fsp3) is 0.316. The molecule has 5 nitrogen and oxygen atoms in total. The third kappa shape index (κ3) is 5.06. The second-order valence-electron chi connectivity index (χ2n) is 6.34. The quantitative estimate of drug-likeness (QED) is 0.828. The molecule has 0 saturated carbocycles. The number of rotatable bonds is 6. The zero-order valence-corrected chi connectivity index (χ0v) is 14.8. The van der Waals surface area contributed by atoms with E-state index in [4.69, 9.17) is 0 Å². The fourth-order valence-corrected chi connectivity index (χ4v) is 4.70. The Morgan fingerprint density at radius 3 is 2.48 bits per heavy atom. The average Bonchev–Trinajstić information content (AvgIpc) is 2.93. The summed E-state index contributed by atoms with van der Waals surface area (Å²) in [6, 6.07) is 17.8. The zero-order valence-electron chi connectivity index (χ0n) is 13.9. The predicted octanol–water partition coefficient (Wildman–Crippen LogP) is 1.99. The van der Waals surface area contributed by atoms with Crippen LogP contribution >= 0.6 is 0 Å². The highest BCUT2D eigenvalue weighted by Gasteiger charge is 2.28. The third-order valence-electron chi connectivity index (χ3n) is 4.29. The molecule has 0 bridgehead atoms. The van der Waals surface area contributed by atoms with Crippen molar-refractivity contribution < 1.29 is 13.2 Å². The second kappa shape index (κ2) is 7.70. The third-order valence-corrected chi connectivity index (χ3v) is 6.06. The summed E-state index contributed by atoms with van der Waals surface area (Å²) in [6.45, 7) is 0.127. The van der Waals surface area contributed by atoms with Gasteiger partial charge in [0.2, 0.25) is 5.91 Å². The molecule has 3 rings (SSSR count). The van der Waals surface area contributed by atoms with Crippen molar-refractivity contribution >= 4 is 21.4 Å². The van der Waals surface area contributed by atoms with Gasteiger partial charge < -0.3 is 10.6 Å². The van der Waals surface area contributed by atoms with E-state index >= 15 is 0 Å². The first-order valence-electron chi connectivity index (χ1n) is 8.37. The molecule has 0 radical (unpaired) electrons. The van der Waals surface area contributed by atoms with E-state index in [2.05, 4.69) is 22.8 Å². The highest BCUT2D eigenvalue weighted by molar-refractivity contribution is 7.91. The largest absolute Gasteiger partial charge is 0.376 e. The van der Waals surface area contributed by atoms with Crippen LogP contribution in [0.3, 0.4) is 0 Å². The number of carbonyl (C=O) groups is 1. The number of para-hydroxylation sites is 1. The molecule has 1 aliphatic heterocycles. The van der Waals surface area contributed by atoms with Gasteiger partial charge in [0.1, 0.15) is 0 Å². The lowest BCUT2D eigenvalue weighted by Crippen LogP contribution is -2.39. The first-order valence-corrected chi connectivity index (χ1v) is 10.2. The van der Waals surface area contributed by atoms with E-state index in [-0.39, 0.29) is 30.0 Å². The van der Waals surface area contributed by atoms with E-state index in [1.54, 1.807) is 0 Å². The summed E-state index contributed by atoms with van der Waals surface area (Å²) in [4.78, 5) is 12.1. The minimum Gasteiger partial charge on any atom is -0.376 e. The van der Waals surface area contributed by atoms with Crippen LogP contribution < -0.4 is 10.6 Å². The Balaban J connectivity index is 1.57. The molecule has 0 aromatic heterocycles. The highest BCUT2D eigenvalue weighted by Crippen LogP contribution is 2.19. The van der Waals surface area contributed by atoms with Crippen molar-refractivity contribution in [3.05, 3.63) is 65.7 Å². The van der Waals surface area contributed by atoms with Crippen LogP contribution in [0.25, 0.3) is 0 Å². The van der Waals surface area contributed by atoms with E-state index in [1.165, 1.54) is 5.56 Å². The predicted molar refractivity (Wildman–Crippen MR) is 99.4 cm³/mol. The van der Waals surface area contributed by atoms with Gasteiger partial charge in [0.15, 0.2) is 9.84 Å². The van der Waals surface area contributed by atoms with Crippen LogP contribution in [0, 0.1) is 0 Å². The summed E-state index contributed by atoms with van der Waals surface area (Å²) >= 11 is 0. The lowest BCUT2D eigenvalue weighted by Gasteiger charge is -2.14. The van der Waals surface area contributed by atoms with Gasteiger partial charge in [-0.1, -0.05) is 48.5 Å². The highest BCUT2D eigenvalue weighted by atomic mass is 32.2. The van der Waals surface area contributed by atoms with Crippen LogP contribution in [0.4, 0.5) is 5.69 Å². The molecule has 2 N–H and O–H groups in total. The summed E-state index contributed by atoms with van der Waals surface area (Å²) in [6.07, 6.45) is 1.28. The molecule has 2 aromatic carbocycles. The minimum atomic E-state index is -2.98. The van der Waals surface area contributed by atoms with Crippen LogP contribution in [0.5, 0.6) is 0 Å². The maximum Gasteiger partial charge on any atom is 0.239 e. The van der Waals surface area contributed by atoms with Crippen LogP contribution in [0.1, 0.15) is 17.5 Å². The van der Waals surface area contributed by atoms with E-state index in [0.29, 0.717) is 6.42 Å². The SMILES string of the molecule is O=C(CNc1ccccc1Cc1ccccc1)NC1CCS(=O)(=O)C1. The van der Waals surface area contributed by atoms with Crippen LogP contribution in [0.2, 0.25) is 0 Å². The Morgan fingerprint density at radius 1 is 1.04 bits per heavy atom. The van der Waals surface area contributed by atoms with Crippen LogP contribution in [0.15, 0.2) is 54.6 Å². The molecule has 2 aromatic rings. The van der Waals surface area contributed by atoms with Gasteiger partial charge in [-0.25, -0.2) is 8.42 Å². The number of amides is 1. The number of carbonyl (C=O) groups excluding carboxylic acids is 1. The van der Waals surface area contributed by atoms with Gasteiger partial charge in [0.05, 0.1) is 18.1 Å². The monoisotopic (exact) mass is 358 g/mol. The molecule has 132 valence electrons. The maximum absolute atomic E-state index is 12.1. The lowest BCUT2D eigenvalue weighted by molar-refractivity contribution is -0.119. The molecule has 1 atom stereocenters. The standard InChI is InChI=1S/C19H22N2O3S/c22-19(21-17-10-11-25(23,24)14-17)13-20-18-9-5-4-8-16(18)12-15-6-2-1-3-7-15/h1-9,17,20H,10-14H2,(H,21,22). The zero-order chi connectivity index (χ0) is 17.7. The van der Waals surface area contributed by atoms with E-state index in [1.807, 2.05) is 42.5 Å². The van der Waals surface area contributed by atoms with Gasteiger partial charge in [-0.15, -0.1) is 0 Å². The molecule has 25 heavy (non-hydrogen) atoms. The molecule has 0 aliphatic carbocycles. The Morgan fingerprint density at radius 2 is 1.76 bits per heavy atom. The molecule has 1 saturated heterocycles. The van der Waals surface area contributed by atoms with Crippen molar-refractivity contribution in [1.82, 2.24) is 5.32 Å². The lowest BCUT2D eigenvalue weighted by atomic mass is 10.0. The van der Waals surface area contributed by atoms with Crippen LogP contribution in [-0.2, 0) is 21.1 Å². The van der Waals surface area contributed by atoms with Gasteiger partial charge in [-0.3, -0.25) is 4.79 Å². The molecule has 1 fully saturated rings. The molecule has 1 heterocycles. The average molecular weight is 358 g/mol. The summed E-state index contributed by atoms with van der Waals surface area (Å²) in [5, 5.41) is 5.96. The summed E-state index contributed by atoms with van der Waals surface area (Å²) in [5.74, 6) is 0.0193. The normalized spacial score (nSPS) is 18.6. The molecule has 0 spiro atoms. The molecule has 1 unspecified atom stereocenters. The topological polar surface area (TPSA) is 75.3 Å². The first kappa shape index (κ1) is 17.5. The summed E-state index contributed by atoms with van der Waals surface area (Å²) in [5.41, 5.74) is 3.24. The van der Waals surface area contributed by atoms with Crippen molar-refractivity contribution in [2.45, 2.75) is 18.9 Å². The smallest absolute Gasteiger partial charge is 0.239 e. The fourth-order valence-electron chi connectivity index (χ4n) is 3.03. The number of hydrogen-bond donors (Lipinski definition) is 2. The Kier molecular flexibility index (Phi) is 5.38. The van der Waals surface area contributed by atoms with Gasteiger partial charge in [-0.05, 0) is 30.0 Å². The van der Waals surface area contributed by atoms with Crippen molar-refractivity contribution in [2.24, 2.45) is 0 Å². The van der Waals surface area contributed by atoms with E-state index in [9.17, 15) is 13.2 Å². The van der Waals surface area contributed by atoms with Gasteiger partial charge in [0.25, 0.3) is 0 Å². The Labute approximate surface area is 148 Å². The number of sulfone groups is 1. The Hall–Kier alpha value is -2.34. The molecule has 1 amide bonds. The van der Waals surface area contributed by atoms with Crippen molar-refractivity contribution in [1.29, 1.82) is 0 Å². The number of hydrogen-bond acceptors (Lipinski definition) is 4. The van der Waals surface area contributed by atoms with Gasteiger partial charge in [-0.2, -0.15) is 0 Å². The minimum absolute atomic E-state index is 0.0450. The van der Waals surface area contributed by atoms with Crippen LogP contribution in [-0.4, -0.2) is 38.4 Å². The van der Waals surface area contributed by atoms with Gasteiger partial charge in [0, 0.05) is 11.7 Å². The second-order valence-corrected chi connectivity index (χ2v) is 8.57. The summed E-state index contributed by atoms with van der Waals surface area (Å²) in [7, 11) is -2.98. The number of anilines is 1. The van der Waals surface area contributed by atoms with Gasteiger partial charge >= 0.3 is 0 Å².